The van der Waals surface area contributed by atoms with Crippen LogP contribution in [-0.4, -0.2) is 63.0 Å². The van der Waals surface area contributed by atoms with Gasteiger partial charge in [0.05, 0.1) is 38.5 Å². The van der Waals surface area contributed by atoms with Crippen molar-refractivity contribution in [2.75, 3.05) is 13.7 Å². The normalized spacial score (nSPS) is 20.4. The van der Waals surface area contributed by atoms with Crippen LogP contribution in [0.25, 0.3) is 11.3 Å². The number of aliphatic hydroxyl groups is 1. The minimum atomic E-state index is -0.434. The lowest BCUT2D eigenvalue weighted by molar-refractivity contribution is -0.128. The third-order valence-electron chi connectivity index (χ3n) is 5.81. The summed E-state index contributed by atoms with van der Waals surface area (Å²) in [5.74, 6) is 0.632. The van der Waals surface area contributed by atoms with Crippen LogP contribution in [0, 0.1) is 0 Å². The van der Waals surface area contributed by atoms with Crippen LogP contribution < -0.4 is 10.1 Å². The van der Waals surface area contributed by atoms with E-state index in [-0.39, 0.29) is 31.1 Å². The molecule has 3 aromatic rings. The SMILES string of the molecule is COc1ccccc1-c1cn(CC[C@@H]2CC[C@@H](NC(=O)Cc3ccccn3)[C@H](CO)O2)nn1. The number of methoxy groups -OCH3 is 1. The lowest BCUT2D eigenvalue weighted by Crippen LogP contribution is -2.51. The molecule has 33 heavy (non-hydrogen) atoms. The molecule has 2 N–H and O–H groups in total. The predicted molar refractivity (Wildman–Crippen MR) is 121 cm³/mol. The summed E-state index contributed by atoms with van der Waals surface area (Å²) in [5, 5.41) is 21.3. The van der Waals surface area contributed by atoms with E-state index in [1.54, 1.807) is 18.0 Å². The molecule has 1 aliphatic rings. The number of para-hydroxylation sites is 1. The van der Waals surface area contributed by atoms with Gasteiger partial charge in [-0.15, -0.1) is 5.10 Å². The van der Waals surface area contributed by atoms with Crippen LogP contribution in [-0.2, 0) is 22.5 Å². The summed E-state index contributed by atoms with van der Waals surface area (Å²) in [6, 6.07) is 13.0. The number of hydrogen-bond donors (Lipinski definition) is 2. The number of carbonyl (C=O) groups is 1. The van der Waals surface area contributed by atoms with Gasteiger partial charge in [-0.3, -0.25) is 14.5 Å². The van der Waals surface area contributed by atoms with Crippen LogP contribution in [0.5, 0.6) is 5.75 Å². The minimum Gasteiger partial charge on any atom is -0.496 e. The molecule has 1 fully saturated rings. The highest BCUT2D eigenvalue weighted by Gasteiger charge is 2.31. The topological polar surface area (TPSA) is 111 Å². The maximum absolute atomic E-state index is 12.4. The number of aryl methyl sites for hydroxylation is 1. The number of ether oxygens (including phenoxy) is 2. The number of rotatable bonds is 9. The van der Waals surface area contributed by atoms with E-state index in [4.69, 9.17) is 9.47 Å². The van der Waals surface area contributed by atoms with E-state index in [0.717, 1.165) is 36.3 Å². The summed E-state index contributed by atoms with van der Waals surface area (Å²) in [5.41, 5.74) is 2.36. The van der Waals surface area contributed by atoms with Gasteiger partial charge >= 0.3 is 0 Å². The molecular formula is C24H29N5O4. The van der Waals surface area contributed by atoms with Crippen molar-refractivity contribution < 1.29 is 19.4 Å². The highest BCUT2D eigenvalue weighted by Crippen LogP contribution is 2.28. The smallest absolute Gasteiger partial charge is 0.226 e. The van der Waals surface area contributed by atoms with Crippen molar-refractivity contribution in [3.8, 4) is 17.0 Å². The summed E-state index contributed by atoms with van der Waals surface area (Å²) in [6.07, 6.45) is 5.58. The average molecular weight is 452 g/mol. The molecule has 2 aromatic heterocycles. The van der Waals surface area contributed by atoms with Crippen molar-refractivity contribution in [1.29, 1.82) is 0 Å². The summed E-state index contributed by atoms with van der Waals surface area (Å²) in [4.78, 5) is 16.6. The lowest BCUT2D eigenvalue weighted by atomic mass is 9.97. The second-order valence-corrected chi connectivity index (χ2v) is 8.08. The van der Waals surface area contributed by atoms with Crippen molar-refractivity contribution in [3.63, 3.8) is 0 Å². The Bertz CT molecular complexity index is 1040. The summed E-state index contributed by atoms with van der Waals surface area (Å²) >= 11 is 0. The van der Waals surface area contributed by atoms with Gasteiger partial charge in [-0.25, -0.2) is 0 Å². The Morgan fingerprint density at radius 2 is 2.09 bits per heavy atom. The average Bonchev–Trinajstić information content (AvgIpc) is 3.33. The number of hydrogen-bond acceptors (Lipinski definition) is 7. The van der Waals surface area contributed by atoms with Crippen LogP contribution in [0.3, 0.4) is 0 Å². The minimum absolute atomic E-state index is 0.0231. The number of benzene rings is 1. The Hall–Kier alpha value is -3.30. The Balaban J connectivity index is 1.28. The number of aromatic nitrogens is 4. The van der Waals surface area contributed by atoms with Crippen LogP contribution in [0.2, 0.25) is 0 Å². The van der Waals surface area contributed by atoms with Gasteiger partial charge < -0.3 is 19.9 Å². The Labute approximate surface area is 192 Å². The monoisotopic (exact) mass is 451 g/mol. The molecule has 3 heterocycles. The molecule has 9 heteroatoms. The van der Waals surface area contributed by atoms with E-state index in [1.165, 1.54) is 0 Å². The summed E-state index contributed by atoms with van der Waals surface area (Å²) in [6.45, 7) is 0.494. The fourth-order valence-corrected chi connectivity index (χ4v) is 4.10. The van der Waals surface area contributed by atoms with Crippen LogP contribution >= 0.6 is 0 Å². The number of amides is 1. The van der Waals surface area contributed by atoms with Crippen LogP contribution in [0.4, 0.5) is 0 Å². The predicted octanol–water partition coefficient (Wildman–Crippen LogP) is 2.01. The zero-order chi connectivity index (χ0) is 23.0. The summed E-state index contributed by atoms with van der Waals surface area (Å²) in [7, 11) is 1.63. The first-order valence-electron chi connectivity index (χ1n) is 11.2. The van der Waals surface area contributed by atoms with E-state index in [1.807, 2.05) is 48.7 Å². The van der Waals surface area contributed by atoms with E-state index in [2.05, 4.69) is 20.6 Å². The van der Waals surface area contributed by atoms with Gasteiger partial charge in [0.1, 0.15) is 17.5 Å². The molecule has 0 unspecified atom stereocenters. The number of nitrogens with one attached hydrogen (secondary N) is 1. The van der Waals surface area contributed by atoms with E-state index < -0.39 is 6.10 Å². The zero-order valence-electron chi connectivity index (χ0n) is 18.6. The second-order valence-electron chi connectivity index (χ2n) is 8.08. The van der Waals surface area contributed by atoms with Gasteiger partial charge in [0, 0.05) is 24.0 Å². The largest absolute Gasteiger partial charge is 0.496 e. The van der Waals surface area contributed by atoms with Crippen molar-refractivity contribution in [1.82, 2.24) is 25.3 Å². The van der Waals surface area contributed by atoms with E-state index in [0.29, 0.717) is 12.2 Å². The van der Waals surface area contributed by atoms with Gasteiger partial charge in [0.25, 0.3) is 0 Å². The molecule has 0 bridgehead atoms. The molecule has 3 atom stereocenters. The van der Waals surface area contributed by atoms with Crippen molar-refractivity contribution in [2.45, 2.75) is 50.5 Å². The van der Waals surface area contributed by atoms with Crippen molar-refractivity contribution in [2.24, 2.45) is 0 Å². The maximum Gasteiger partial charge on any atom is 0.226 e. The van der Waals surface area contributed by atoms with Crippen molar-refractivity contribution >= 4 is 5.91 Å². The Morgan fingerprint density at radius 1 is 1.24 bits per heavy atom. The molecule has 1 amide bonds. The molecule has 1 saturated heterocycles. The fourth-order valence-electron chi connectivity index (χ4n) is 4.10. The molecular weight excluding hydrogens is 422 g/mol. The van der Waals surface area contributed by atoms with E-state index >= 15 is 0 Å². The highest BCUT2D eigenvalue weighted by atomic mass is 16.5. The molecule has 174 valence electrons. The van der Waals surface area contributed by atoms with E-state index in [9.17, 15) is 9.90 Å². The highest BCUT2D eigenvalue weighted by molar-refractivity contribution is 5.78. The lowest BCUT2D eigenvalue weighted by Gasteiger charge is -2.36. The third kappa shape index (κ3) is 5.94. The molecule has 1 aromatic carbocycles. The van der Waals surface area contributed by atoms with Crippen LogP contribution in [0.15, 0.2) is 54.9 Å². The number of pyridine rings is 1. The molecule has 4 rings (SSSR count). The second kappa shape index (κ2) is 11.0. The number of carbonyl (C=O) groups excluding carboxylic acids is 1. The van der Waals surface area contributed by atoms with Gasteiger partial charge in [-0.1, -0.05) is 23.4 Å². The quantitative estimate of drug-likeness (QED) is 0.512. The fraction of sp³-hybridized carbons (Fsp3) is 0.417. The molecule has 0 radical (unpaired) electrons. The van der Waals surface area contributed by atoms with Crippen molar-refractivity contribution in [3.05, 3.63) is 60.6 Å². The van der Waals surface area contributed by atoms with Gasteiger partial charge in [-0.05, 0) is 43.5 Å². The maximum atomic E-state index is 12.4. The van der Waals surface area contributed by atoms with Gasteiger partial charge in [0.15, 0.2) is 0 Å². The Morgan fingerprint density at radius 3 is 2.88 bits per heavy atom. The number of aliphatic hydroxyl groups excluding tert-OH is 1. The first-order valence-corrected chi connectivity index (χ1v) is 11.2. The third-order valence-corrected chi connectivity index (χ3v) is 5.81. The molecule has 0 saturated carbocycles. The first kappa shape index (κ1) is 22.9. The Kier molecular flexibility index (Phi) is 7.64. The number of nitrogens with zero attached hydrogens (tertiary/aromatic N) is 4. The summed E-state index contributed by atoms with van der Waals surface area (Å²) < 4.78 is 13.3. The van der Waals surface area contributed by atoms with Gasteiger partial charge in [0.2, 0.25) is 5.91 Å². The zero-order valence-corrected chi connectivity index (χ0v) is 18.6. The van der Waals surface area contributed by atoms with Gasteiger partial charge in [-0.2, -0.15) is 0 Å². The first-order chi connectivity index (χ1) is 16.2. The molecule has 9 nitrogen and oxygen atoms in total. The van der Waals surface area contributed by atoms with Crippen LogP contribution in [0.1, 0.15) is 25.0 Å². The molecule has 1 aliphatic heterocycles. The standard InChI is InChI=1S/C24H29N5O4/c1-32-22-8-3-2-7-19(22)21-15-29(28-27-21)13-11-18-9-10-20(23(16-30)33-18)26-24(31)14-17-6-4-5-12-25-17/h2-8,12,15,18,20,23,30H,9-11,13-14,16H2,1H3,(H,26,31)/t18-,20+,23-/m0/s1. The molecule has 0 aliphatic carbocycles. The molecule has 0 spiro atoms.